The Labute approximate surface area is 116 Å². The van der Waals surface area contributed by atoms with Gasteiger partial charge in [0.2, 0.25) is 5.91 Å². The highest BCUT2D eigenvalue weighted by atomic mass is 32.2. The molecule has 1 fully saturated rings. The maximum atomic E-state index is 12.4. The van der Waals surface area contributed by atoms with Gasteiger partial charge in [-0.2, -0.15) is 11.8 Å². The third-order valence-corrected chi connectivity index (χ3v) is 4.58. The molecule has 0 aliphatic carbocycles. The minimum absolute atomic E-state index is 0.0476. The number of unbranched alkanes of at least 4 members (excludes halogenated alkanes) is 1. The first-order chi connectivity index (χ1) is 8.51. The molecule has 1 aliphatic rings. The first kappa shape index (κ1) is 15.8. The van der Waals surface area contributed by atoms with Gasteiger partial charge in [-0.15, -0.1) is 0 Å². The highest BCUT2D eigenvalue weighted by Crippen LogP contribution is 2.22. The number of carbonyl (C=O) groups is 1. The molecule has 0 spiro atoms. The van der Waals surface area contributed by atoms with Crippen molar-refractivity contribution in [2.75, 3.05) is 12.8 Å². The lowest BCUT2D eigenvalue weighted by atomic mass is 10.1. The normalized spacial score (nSPS) is 26.1. The van der Waals surface area contributed by atoms with Gasteiger partial charge < -0.3 is 4.90 Å². The quantitative estimate of drug-likeness (QED) is 0.773. The van der Waals surface area contributed by atoms with Crippen LogP contribution in [0.3, 0.4) is 0 Å². The molecule has 1 amide bonds. The van der Waals surface area contributed by atoms with Gasteiger partial charge >= 0.3 is 0 Å². The Kier molecular flexibility index (Phi) is 6.50. The fourth-order valence-electron chi connectivity index (χ4n) is 2.43. The maximum Gasteiger partial charge on any atom is 0.241 e. The predicted molar refractivity (Wildman–Crippen MR) is 79.8 cm³/mol. The molecule has 1 saturated heterocycles. The lowest BCUT2D eigenvalue weighted by molar-refractivity contribution is -0.130. The van der Waals surface area contributed by atoms with Crippen molar-refractivity contribution in [1.29, 1.82) is 0 Å². The molecule has 0 aromatic heterocycles. The van der Waals surface area contributed by atoms with E-state index in [0.717, 1.165) is 25.8 Å². The molecule has 106 valence electrons. The van der Waals surface area contributed by atoms with Crippen molar-refractivity contribution in [3.8, 4) is 0 Å². The van der Waals surface area contributed by atoms with Crippen LogP contribution in [0.4, 0.5) is 0 Å². The molecular formula is C14H28N2OS. The molecule has 1 N–H and O–H groups in total. The largest absolute Gasteiger partial charge is 0.324 e. The zero-order valence-corrected chi connectivity index (χ0v) is 13.2. The summed E-state index contributed by atoms with van der Waals surface area (Å²) in [5.74, 6) is 0.776. The van der Waals surface area contributed by atoms with Crippen molar-refractivity contribution in [3.05, 3.63) is 0 Å². The molecule has 1 rings (SSSR count). The molecule has 1 heterocycles. The first-order valence-electron chi connectivity index (χ1n) is 7.10. The fraction of sp³-hybridized carbons (Fsp3) is 0.929. The highest BCUT2D eigenvalue weighted by molar-refractivity contribution is 7.99. The van der Waals surface area contributed by atoms with Crippen LogP contribution in [0.15, 0.2) is 0 Å². The van der Waals surface area contributed by atoms with Crippen molar-refractivity contribution >= 4 is 17.7 Å². The van der Waals surface area contributed by atoms with Gasteiger partial charge in [0.25, 0.3) is 0 Å². The van der Waals surface area contributed by atoms with E-state index < -0.39 is 0 Å². The number of rotatable bonds is 7. The summed E-state index contributed by atoms with van der Waals surface area (Å²) in [4.78, 5) is 14.5. The second-order valence-electron chi connectivity index (χ2n) is 5.59. The van der Waals surface area contributed by atoms with Crippen molar-refractivity contribution < 1.29 is 4.79 Å². The van der Waals surface area contributed by atoms with Crippen LogP contribution >= 0.6 is 11.8 Å². The van der Waals surface area contributed by atoms with Gasteiger partial charge in [0, 0.05) is 11.8 Å². The average Bonchev–Trinajstić information content (AvgIpc) is 2.64. The Bertz CT molecular complexity index is 271. The van der Waals surface area contributed by atoms with Crippen LogP contribution in [0.1, 0.15) is 47.0 Å². The summed E-state index contributed by atoms with van der Waals surface area (Å²) in [5, 5.41) is 4.02. The minimum Gasteiger partial charge on any atom is -0.324 e. The molecule has 0 radical (unpaired) electrons. The summed E-state index contributed by atoms with van der Waals surface area (Å²) in [6.45, 7) is 9.59. The lowest BCUT2D eigenvalue weighted by Crippen LogP contribution is -2.43. The molecule has 0 saturated carbocycles. The molecule has 3 unspecified atom stereocenters. The molecule has 3 nitrogen and oxygen atoms in total. The number of thioether (sulfide) groups is 1. The summed E-state index contributed by atoms with van der Waals surface area (Å²) in [6.07, 6.45) is 5.58. The SMILES string of the molecule is CCCCC1NC(C(C)C)N(CC(C)SC)C1=O. The maximum absolute atomic E-state index is 12.4. The van der Waals surface area contributed by atoms with Crippen molar-refractivity contribution in [1.82, 2.24) is 10.2 Å². The summed E-state index contributed by atoms with van der Waals surface area (Å²) < 4.78 is 0. The summed E-state index contributed by atoms with van der Waals surface area (Å²) in [5.41, 5.74) is 0. The van der Waals surface area contributed by atoms with E-state index in [4.69, 9.17) is 0 Å². The van der Waals surface area contributed by atoms with Crippen LogP contribution < -0.4 is 5.32 Å². The van der Waals surface area contributed by atoms with Crippen LogP contribution in [-0.2, 0) is 4.79 Å². The van der Waals surface area contributed by atoms with Gasteiger partial charge in [-0.1, -0.05) is 40.5 Å². The van der Waals surface area contributed by atoms with E-state index in [1.807, 2.05) is 11.8 Å². The van der Waals surface area contributed by atoms with Crippen LogP contribution in [0, 0.1) is 5.92 Å². The van der Waals surface area contributed by atoms with Gasteiger partial charge in [-0.25, -0.2) is 0 Å². The van der Waals surface area contributed by atoms with Crippen molar-refractivity contribution in [2.45, 2.75) is 64.4 Å². The van der Waals surface area contributed by atoms with E-state index in [9.17, 15) is 4.79 Å². The van der Waals surface area contributed by atoms with Gasteiger partial charge in [-0.3, -0.25) is 10.1 Å². The van der Waals surface area contributed by atoms with E-state index in [1.165, 1.54) is 0 Å². The molecular weight excluding hydrogens is 244 g/mol. The number of amides is 1. The summed E-state index contributed by atoms with van der Waals surface area (Å²) in [6, 6.07) is 0.0476. The second kappa shape index (κ2) is 7.39. The molecule has 3 atom stereocenters. The Hall–Kier alpha value is -0.220. The molecule has 4 heteroatoms. The van der Waals surface area contributed by atoms with Crippen LogP contribution in [0.5, 0.6) is 0 Å². The van der Waals surface area contributed by atoms with Crippen LogP contribution in [0.25, 0.3) is 0 Å². The number of hydrogen-bond donors (Lipinski definition) is 1. The predicted octanol–water partition coefficient (Wildman–Crippen LogP) is 2.71. The standard InChI is InChI=1S/C14H28N2OS/c1-6-7-8-12-14(17)16(9-11(4)18-5)13(15-12)10(2)3/h10-13,15H,6-9H2,1-5H3. The first-order valence-corrected chi connectivity index (χ1v) is 8.39. The third kappa shape index (κ3) is 3.89. The van der Waals surface area contributed by atoms with Gasteiger partial charge in [0.05, 0.1) is 12.2 Å². The zero-order valence-electron chi connectivity index (χ0n) is 12.4. The molecule has 0 aromatic rings. The van der Waals surface area contributed by atoms with Crippen molar-refractivity contribution in [2.24, 2.45) is 5.92 Å². The van der Waals surface area contributed by atoms with Gasteiger partial charge in [0.1, 0.15) is 0 Å². The van der Waals surface area contributed by atoms with Crippen LogP contribution in [-0.4, -0.2) is 41.1 Å². The molecule has 18 heavy (non-hydrogen) atoms. The Morgan fingerprint density at radius 3 is 2.56 bits per heavy atom. The van der Waals surface area contributed by atoms with E-state index in [0.29, 0.717) is 17.1 Å². The smallest absolute Gasteiger partial charge is 0.241 e. The van der Waals surface area contributed by atoms with E-state index in [2.05, 4.69) is 44.2 Å². The van der Waals surface area contributed by atoms with Crippen LogP contribution in [0.2, 0.25) is 0 Å². The molecule has 1 aliphatic heterocycles. The molecule has 0 aromatic carbocycles. The van der Waals surface area contributed by atoms with E-state index in [-0.39, 0.29) is 12.2 Å². The zero-order chi connectivity index (χ0) is 13.7. The Balaban J connectivity index is 2.68. The van der Waals surface area contributed by atoms with E-state index >= 15 is 0 Å². The number of carbonyl (C=O) groups excluding carboxylic acids is 1. The monoisotopic (exact) mass is 272 g/mol. The fourth-order valence-corrected chi connectivity index (χ4v) is 2.74. The third-order valence-electron chi connectivity index (χ3n) is 3.62. The Morgan fingerprint density at radius 1 is 1.39 bits per heavy atom. The van der Waals surface area contributed by atoms with Gasteiger partial charge in [0.15, 0.2) is 0 Å². The minimum atomic E-state index is 0.0476. The topological polar surface area (TPSA) is 32.3 Å². The molecule has 0 bridgehead atoms. The van der Waals surface area contributed by atoms with E-state index in [1.54, 1.807) is 0 Å². The highest BCUT2D eigenvalue weighted by Gasteiger charge is 2.39. The lowest BCUT2D eigenvalue weighted by Gasteiger charge is -2.29. The number of hydrogen-bond acceptors (Lipinski definition) is 3. The van der Waals surface area contributed by atoms with Gasteiger partial charge in [-0.05, 0) is 18.6 Å². The summed E-state index contributed by atoms with van der Waals surface area (Å²) >= 11 is 1.82. The number of nitrogens with zero attached hydrogens (tertiary/aromatic N) is 1. The number of nitrogens with one attached hydrogen (secondary N) is 1. The summed E-state index contributed by atoms with van der Waals surface area (Å²) in [7, 11) is 0. The average molecular weight is 272 g/mol. The second-order valence-corrected chi connectivity index (χ2v) is 6.86. The Morgan fingerprint density at radius 2 is 2.06 bits per heavy atom. The van der Waals surface area contributed by atoms with Crippen molar-refractivity contribution in [3.63, 3.8) is 0 Å².